The lowest BCUT2D eigenvalue weighted by atomic mass is 9.57. The van der Waals surface area contributed by atoms with E-state index in [1.165, 1.54) is 0 Å². The number of esters is 1. The Morgan fingerprint density at radius 3 is 2.20 bits per heavy atom. The first-order valence-electron chi connectivity index (χ1n) is 8.80. The first-order valence-corrected chi connectivity index (χ1v) is 8.80. The first-order chi connectivity index (χ1) is 11.6. The van der Waals surface area contributed by atoms with Gasteiger partial charge < -0.3 is 9.84 Å². The number of rotatable bonds is 6. The summed E-state index contributed by atoms with van der Waals surface area (Å²) in [4.78, 5) is 25.2. The fraction of sp³-hybridized carbons (Fsp3) is 0.524. The number of hydrogen-bond donors (Lipinski definition) is 1. The molecule has 0 saturated carbocycles. The number of allylic oxidation sites excluding steroid dienone is 1. The standard InChI is InChI=1S/C21H28O4/c1-14(2)13-17(18(22)23)21(19(24)25-20(3,4)5)12-11-16(21)15-9-7-6-8-10-15/h6-11,14,17H,12-13H2,1-5H3,(H,22,23)/t17-,21+/m0/s1. The van der Waals surface area contributed by atoms with Gasteiger partial charge in [-0.15, -0.1) is 0 Å². The van der Waals surface area contributed by atoms with E-state index in [9.17, 15) is 14.7 Å². The predicted molar refractivity (Wildman–Crippen MR) is 97.9 cm³/mol. The molecule has 0 heterocycles. The zero-order valence-corrected chi connectivity index (χ0v) is 15.7. The van der Waals surface area contributed by atoms with E-state index in [1.54, 1.807) is 20.8 Å². The van der Waals surface area contributed by atoms with Gasteiger partial charge in [0.15, 0.2) is 0 Å². The predicted octanol–water partition coefficient (Wildman–Crippen LogP) is 4.55. The van der Waals surface area contributed by atoms with Gasteiger partial charge in [0, 0.05) is 0 Å². The molecule has 0 fully saturated rings. The van der Waals surface area contributed by atoms with Crippen LogP contribution in [0, 0.1) is 17.3 Å². The quantitative estimate of drug-likeness (QED) is 0.769. The molecule has 0 amide bonds. The Morgan fingerprint density at radius 2 is 1.80 bits per heavy atom. The van der Waals surface area contributed by atoms with E-state index in [4.69, 9.17) is 4.74 Å². The molecule has 0 radical (unpaired) electrons. The zero-order valence-electron chi connectivity index (χ0n) is 15.7. The van der Waals surface area contributed by atoms with Gasteiger partial charge in [0.1, 0.15) is 11.0 Å². The van der Waals surface area contributed by atoms with Gasteiger partial charge in [0.25, 0.3) is 0 Å². The van der Waals surface area contributed by atoms with Gasteiger partial charge in [-0.1, -0.05) is 50.3 Å². The molecule has 4 nitrogen and oxygen atoms in total. The first kappa shape index (κ1) is 19.2. The van der Waals surface area contributed by atoms with Crippen LogP contribution >= 0.6 is 0 Å². The number of benzene rings is 1. The van der Waals surface area contributed by atoms with Crippen molar-refractivity contribution in [2.24, 2.45) is 17.3 Å². The molecule has 0 spiro atoms. The summed E-state index contributed by atoms with van der Waals surface area (Å²) in [6.45, 7) is 9.37. The molecular weight excluding hydrogens is 316 g/mol. The van der Waals surface area contributed by atoms with E-state index in [0.29, 0.717) is 12.8 Å². The minimum absolute atomic E-state index is 0.165. The Kier molecular flexibility index (Phi) is 5.40. The average molecular weight is 344 g/mol. The van der Waals surface area contributed by atoms with Crippen LogP contribution in [0.5, 0.6) is 0 Å². The lowest BCUT2D eigenvalue weighted by Gasteiger charge is -2.45. The Labute approximate surface area is 149 Å². The lowest BCUT2D eigenvalue weighted by molar-refractivity contribution is -0.173. The summed E-state index contributed by atoms with van der Waals surface area (Å²) in [5, 5.41) is 9.90. The maximum Gasteiger partial charge on any atom is 0.318 e. The van der Waals surface area contributed by atoms with Crippen molar-refractivity contribution in [2.75, 3.05) is 0 Å². The number of ether oxygens (including phenoxy) is 1. The molecule has 25 heavy (non-hydrogen) atoms. The Balaban J connectivity index is 2.51. The number of aliphatic carboxylic acids is 1. The van der Waals surface area contributed by atoms with Gasteiger partial charge in [0.05, 0.1) is 5.92 Å². The molecule has 1 aliphatic rings. The van der Waals surface area contributed by atoms with Crippen LogP contribution in [0.4, 0.5) is 0 Å². The van der Waals surface area contributed by atoms with Gasteiger partial charge in [0.2, 0.25) is 0 Å². The highest BCUT2D eigenvalue weighted by Crippen LogP contribution is 2.55. The van der Waals surface area contributed by atoms with Crippen LogP contribution in [0.25, 0.3) is 5.57 Å². The van der Waals surface area contributed by atoms with Crippen LogP contribution in [0.2, 0.25) is 0 Å². The highest BCUT2D eigenvalue weighted by molar-refractivity contribution is 6.01. The summed E-state index contributed by atoms with van der Waals surface area (Å²) in [5.41, 5.74) is -0.127. The van der Waals surface area contributed by atoms with Crippen molar-refractivity contribution >= 4 is 17.5 Å². The van der Waals surface area contributed by atoms with Gasteiger partial charge in [-0.25, -0.2) is 0 Å². The van der Waals surface area contributed by atoms with Crippen molar-refractivity contribution < 1.29 is 19.4 Å². The van der Waals surface area contributed by atoms with Crippen molar-refractivity contribution in [1.82, 2.24) is 0 Å². The summed E-state index contributed by atoms with van der Waals surface area (Å²) in [6, 6.07) is 9.52. The average Bonchev–Trinajstić information content (AvgIpc) is 2.44. The molecule has 0 aliphatic heterocycles. The summed E-state index contributed by atoms with van der Waals surface area (Å²) in [7, 11) is 0. The molecule has 1 aliphatic carbocycles. The van der Waals surface area contributed by atoms with E-state index in [1.807, 2.05) is 50.3 Å². The maximum absolute atomic E-state index is 13.1. The molecule has 2 rings (SSSR count). The van der Waals surface area contributed by atoms with Gasteiger partial charge in [-0.05, 0) is 50.7 Å². The van der Waals surface area contributed by atoms with Crippen molar-refractivity contribution in [3.05, 3.63) is 42.0 Å². The molecule has 0 unspecified atom stereocenters. The summed E-state index contributed by atoms with van der Waals surface area (Å²) < 4.78 is 5.67. The van der Waals surface area contributed by atoms with E-state index in [0.717, 1.165) is 11.1 Å². The maximum atomic E-state index is 13.1. The molecule has 0 aromatic heterocycles. The van der Waals surface area contributed by atoms with Crippen molar-refractivity contribution in [2.45, 2.75) is 53.1 Å². The van der Waals surface area contributed by atoms with Crippen molar-refractivity contribution in [3.63, 3.8) is 0 Å². The molecule has 2 atom stereocenters. The minimum atomic E-state index is -1.12. The van der Waals surface area contributed by atoms with Crippen LogP contribution < -0.4 is 0 Å². The van der Waals surface area contributed by atoms with Crippen LogP contribution in [-0.4, -0.2) is 22.6 Å². The van der Waals surface area contributed by atoms with E-state index in [-0.39, 0.29) is 5.92 Å². The van der Waals surface area contributed by atoms with Gasteiger partial charge >= 0.3 is 11.9 Å². The van der Waals surface area contributed by atoms with Crippen molar-refractivity contribution in [1.29, 1.82) is 0 Å². The number of carbonyl (C=O) groups is 2. The Hall–Kier alpha value is -2.10. The minimum Gasteiger partial charge on any atom is -0.481 e. The summed E-state index contributed by atoms with van der Waals surface area (Å²) >= 11 is 0. The lowest BCUT2D eigenvalue weighted by Crippen LogP contribution is -2.50. The van der Waals surface area contributed by atoms with Gasteiger partial charge in [-0.2, -0.15) is 0 Å². The molecule has 4 heteroatoms. The normalized spacial score (nSPS) is 21.3. The third-order valence-corrected chi connectivity index (χ3v) is 4.56. The molecule has 0 saturated heterocycles. The fourth-order valence-electron chi connectivity index (χ4n) is 3.44. The SMILES string of the molecule is CC(C)C[C@@H](C(=O)O)[C@@]1(C(=O)OC(C)(C)C)CC=C1c1ccccc1. The molecule has 136 valence electrons. The molecule has 1 N–H and O–H groups in total. The third-order valence-electron chi connectivity index (χ3n) is 4.56. The third kappa shape index (κ3) is 3.94. The largest absolute Gasteiger partial charge is 0.481 e. The second-order valence-electron chi connectivity index (χ2n) is 8.18. The number of carboxylic acids is 1. The summed E-state index contributed by atoms with van der Waals surface area (Å²) in [5.74, 6) is -2.02. The topological polar surface area (TPSA) is 63.6 Å². The second-order valence-corrected chi connectivity index (χ2v) is 8.18. The number of carbonyl (C=O) groups excluding carboxylic acids is 1. The molecule has 1 aromatic carbocycles. The van der Waals surface area contributed by atoms with Crippen molar-refractivity contribution in [3.8, 4) is 0 Å². The highest BCUT2D eigenvalue weighted by atomic mass is 16.6. The van der Waals surface area contributed by atoms with Crippen LogP contribution in [0.3, 0.4) is 0 Å². The summed E-state index contributed by atoms with van der Waals surface area (Å²) in [6.07, 6.45) is 2.78. The Bertz CT molecular complexity index is 667. The Morgan fingerprint density at radius 1 is 1.20 bits per heavy atom. The molecule has 1 aromatic rings. The second kappa shape index (κ2) is 7.03. The monoisotopic (exact) mass is 344 g/mol. The van der Waals surface area contributed by atoms with Crippen LogP contribution in [0.1, 0.15) is 53.0 Å². The number of carboxylic acid groups (broad SMARTS) is 1. The van der Waals surface area contributed by atoms with E-state index < -0.39 is 28.9 Å². The highest BCUT2D eigenvalue weighted by Gasteiger charge is 2.57. The smallest absolute Gasteiger partial charge is 0.318 e. The fourth-order valence-corrected chi connectivity index (χ4v) is 3.44. The van der Waals surface area contributed by atoms with Gasteiger partial charge in [-0.3, -0.25) is 9.59 Å². The van der Waals surface area contributed by atoms with E-state index in [2.05, 4.69) is 0 Å². The van der Waals surface area contributed by atoms with E-state index >= 15 is 0 Å². The van der Waals surface area contributed by atoms with Crippen LogP contribution in [-0.2, 0) is 14.3 Å². The molecule has 0 bridgehead atoms. The number of hydrogen-bond acceptors (Lipinski definition) is 3. The molecular formula is C21H28O4. The zero-order chi connectivity index (χ0) is 18.8. The van der Waals surface area contributed by atoms with Crippen LogP contribution in [0.15, 0.2) is 36.4 Å².